The molecule has 67 heavy (non-hydrogen) atoms. The highest BCUT2D eigenvalue weighted by Crippen LogP contribution is 2.38. The smallest absolute Gasteiger partial charge is 0.191 e. The fraction of sp³-hybridized carbons (Fsp3) is 0.339. The van der Waals surface area contributed by atoms with E-state index in [0.29, 0.717) is 6.61 Å². The minimum absolute atomic E-state index is 0.0454. The minimum Gasteiger partial charge on any atom is -0.389 e. The van der Waals surface area contributed by atoms with Crippen LogP contribution in [-0.2, 0) is 87.1 Å². The summed E-state index contributed by atoms with van der Waals surface area (Å²) < 4.78 is 59.2. The zero-order valence-corrected chi connectivity index (χ0v) is 37.8. The Morgan fingerprint density at radius 1 is 0.448 bits per heavy atom. The number of aliphatic hydroxyl groups is 1. The molecule has 0 amide bonds. The molecule has 2 saturated heterocycles. The molecule has 6 aromatic rings. The summed E-state index contributed by atoms with van der Waals surface area (Å²) in [5.41, 5.74) is 5.57. The molecule has 0 spiro atoms. The van der Waals surface area contributed by atoms with Crippen molar-refractivity contribution in [2.24, 2.45) is 5.92 Å². The average molecular weight is 909 g/mol. The molecule has 11 heteroatoms. The summed E-state index contributed by atoms with van der Waals surface area (Å²) in [6.07, 6.45) is -9.33. The lowest BCUT2D eigenvalue weighted by Crippen LogP contribution is -2.67. The molecule has 10 atom stereocenters. The van der Waals surface area contributed by atoms with Crippen molar-refractivity contribution in [3.8, 4) is 0 Å². The quantitative estimate of drug-likeness (QED) is 0.0667. The van der Waals surface area contributed by atoms with Gasteiger partial charge in [0, 0.05) is 7.11 Å². The van der Waals surface area contributed by atoms with Crippen LogP contribution in [0.2, 0.25) is 0 Å². The second kappa shape index (κ2) is 25.1. The van der Waals surface area contributed by atoms with E-state index >= 15 is 4.79 Å². The number of benzene rings is 6. The summed E-state index contributed by atoms with van der Waals surface area (Å²) in [5.74, 6) is -1.64. The van der Waals surface area contributed by atoms with E-state index in [2.05, 4.69) is 0 Å². The van der Waals surface area contributed by atoms with Crippen LogP contribution in [0.1, 0.15) is 33.4 Å². The van der Waals surface area contributed by atoms with Crippen molar-refractivity contribution >= 4 is 5.78 Å². The molecule has 2 heterocycles. The normalized spacial score (nSPS) is 24.6. The number of Topliss-reactive ketones (excluding diaryl/α,β-unsaturated/α-hetero) is 1. The monoisotopic (exact) mass is 908 g/mol. The van der Waals surface area contributed by atoms with Crippen molar-refractivity contribution in [2.45, 2.75) is 94.8 Å². The van der Waals surface area contributed by atoms with Crippen molar-refractivity contribution in [3.63, 3.8) is 0 Å². The molecule has 0 aromatic heterocycles. The lowest BCUT2D eigenvalue weighted by atomic mass is 9.80. The maximum Gasteiger partial charge on any atom is 0.191 e. The number of ketones is 1. The number of carbonyl (C=O) groups excluding carboxylic acids is 1. The van der Waals surface area contributed by atoms with Gasteiger partial charge >= 0.3 is 0 Å². The SMILES string of the molecule is CO[C@@H]1O[C@H](COCc2ccccc2)[C@@H]([C@H](O)[C@@H]2O[C@H](COCc3ccccc3)[C@@H](OCc3ccccc3)[C@H](OCc3ccccc3)[C@H]2OCc2ccccc2)C(=O)[C@H]1OCc1ccccc1. The third kappa shape index (κ3) is 13.4. The molecule has 2 aliphatic rings. The van der Waals surface area contributed by atoms with Crippen LogP contribution in [0.5, 0.6) is 0 Å². The highest BCUT2D eigenvalue weighted by atomic mass is 16.7. The van der Waals surface area contributed by atoms with E-state index in [0.717, 1.165) is 33.4 Å². The summed E-state index contributed by atoms with van der Waals surface area (Å²) >= 11 is 0. The molecule has 0 unspecified atom stereocenters. The second-order valence-corrected chi connectivity index (χ2v) is 16.8. The number of hydrogen-bond donors (Lipinski definition) is 1. The summed E-state index contributed by atoms with van der Waals surface area (Å²) in [7, 11) is 1.47. The highest BCUT2D eigenvalue weighted by molar-refractivity contribution is 5.87. The number of hydrogen-bond acceptors (Lipinski definition) is 11. The Morgan fingerprint density at radius 3 is 1.22 bits per heavy atom. The fourth-order valence-corrected chi connectivity index (χ4v) is 8.64. The van der Waals surface area contributed by atoms with Gasteiger partial charge in [0.05, 0.1) is 71.0 Å². The van der Waals surface area contributed by atoms with Crippen molar-refractivity contribution < 1.29 is 52.5 Å². The molecular weight excluding hydrogens is 849 g/mol. The maximum atomic E-state index is 15.2. The van der Waals surface area contributed by atoms with Crippen molar-refractivity contribution in [1.82, 2.24) is 0 Å². The largest absolute Gasteiger partial charge is 0.389 e. The van der Waals surface area contributed by atoms with Crippen molar-refractivity contribution in [3.05, 3.63) is 215 Å². The molecule has 2 aliphatic heterocycles. The molecule has 2 fully saturated rings. The van der Waals surface area contributed by atoms with Crippen LogP contribution in [0.4, 0.5) is 0 Å². The first-order valence-electron chi connectivity index (χ1n) is 22.9. The first-order valence-corrected chi connectivity index (χ1v) is 22.9. The van der Waals surface area contributed by atoms with E-state index in [1.165, 1.54) is 7.11 Å². The van der Waals surface area contributed by atoms with Gasteiger partial charge in [-0.25, -0.2) is 0 Å². The molecule has 1 N–H and O–H groups in total. The van der Waals surface area contributed by atoms with Gasteiger partial charge in [-0.15, -0.1) is 0 Å². The van der Waals surface area contributed by atoms with Crippen LogP contribution in [0.15, 0.2) is 182 Å². The Labute approximate surface area is 393 Å². The van der Waals surface area contributed by atoms with Crippen LogP contribution in [-0.4, -0.2) is 86.3 Å². The first-order chi connectivity index (χ1) is 33.0. The Bertz CT molecular complexity index is 2310. The summed E-state index contributed by atoms with van der Waals surface area (Å²) in [4.78, 5) is 15.2. The molecule has 8 rings (SSSR count). The van der Waals surface area contributed by atoms with Crippen molar-refractivity contribution in [1.29, 1.82) is 0 Å². The Kier molecular flexibility index (Phi) is 18.0. The van der Waals surface area contributed by atoms with E-state index in [1.54, 1.807) is 0 Å². The number of carbonyl (C=O) groups is 1. The van der Waals surface area contributed by atoms with Gasteiger partial charge in [-0.2, -0.15) is 0 Å². The molecule has 350 valence electrons. The molecule has 0 aliphatic carbocycles. The fourth-order valence-electron chi connectivity index (χ4n) is 8.64. The minimum atomic E-state index is -1.53. The molecule has 6 aromatic carbocycles. The number of methoxy groups -OCH3 is 1. The summed E-state index contributed by atoms with van der Waals surface area (Å²) in [6.45, 7) is 1.28. The van der Waals surface area contributed by atoms with E-state index in [9.17, 15) is 5.11 Å². The van der Waals surface area contributed by atoms with Crippen LogP contribution < -0.4 is 0 Å². The van der Waals surface area contributed by atoms with Crippen LogP contribution in [0.3, 0.4) is 0 Å². The second-order valence-electron chi connectivity index (χ2n) is 16.8. The third-order valence-corrected chi connectivity index (χ3v) is 12.1. The zero-order chi connectivity index (χ0) is 46.0. The number of ether oxygens (including phenoxy) is 9. The first kappa shape index (κ1) is 48.1. The van der Waals surface area contributed by atoms with Gasteiger partial charge < -0.3 is 47.7 Å². The molecular formula is C56H60O11. The van der Waals surface area contributed by atoms with Crippen molar-refractivity contribution in [2.75, 3.05) is 20.3 Å². The van der Waals surface area contributed by atoms with Gasteiger partial charge in [0.1, 0.15) is 30.5 Å². The van der Waals surface area contributed by atoms with Gasteiger partial charge in [0.2, 0.25) is 0 Å². The Hall–Kier alpha value is -5.41. The van der Waals surface area contributed by atoms with Gasteiger partial charge in [0.15, 0.2) is 18.2 Å². The summed E-state index contributed by atoms with van der Waals surface area (Å²) in [6, 6.07) is 58.7. The number of aliphatic hydroxyl groups excluding tert-OH is 1. The number of rotatable bonds is 23. The predicted octanol–water partition coefficient (Wildman–Crippen LogP) is 8.45. The third-order valence-electron chi connectivity index (χ3n) is 12.1. The van der Waals surface area contributed by atoms with Gasteiger partial charge in [-0.05, 0) is 33.4 Å². The predicted molar refractivity (Wildman–Crippen MR) is 251 cm³/mol. The van der Waals surface area contributed by atoms with Gasteiger partial charge in [0.25, 0.3) is 0 Å². The standard InChI is InChI=1S/C56H60O11/c1-59-56-53(63-35-43-26-14-5-15-27-43)50(58)48(46(67-56)38-60-32-40-20-8-2-9-21-40)49(57)52-55(65-37-45-30-18-7-19-31-45)54(64-36-44-28-16-6-17-29-44)51(62-34-42-24-12-4-13-25-42)47(66-52)39-61-33-41-22-10-3-11-23-41/h2-31,46-49,51-57H,32-39H2,1H3/t46-,47-,48+,49+,51-,52+,53-,54+,55+,56-/m1/s1. The molecule has 0 bridgehead atoms. The topological polar surface area (TPSA) is 120 Å². The molecule has 0 saturated carbocycles. The van der Waals surface area contributed by atoms with Gasteiger partial charge in [-0.3, -0.25) is 4.79 Å². The van der Waals surface area contributed by atoms with Gasteiger partial charge in [-0.1, -0.05) is 182 Å². The van der Waals surface area contributed by atoms with Crippen LogP contribution >= 0.6 is 0 Å². The molecule has 0 radical (unpaired) electrons. The van der Waals surface area contributed by atoms with E-state index in [4.69, 9.17) is 42.6 Å². The van der Waals surface area contributed by atoms with E-state index in [-0.39, 0.29) is 46.2 Å². The maximum absolute atomic E-state index is 15.2. The van der Waals surface area contributed by atoms with E-state index in [1.807, 2.05) is 182 Å². The lowest BCUT2D eigenvalue weighted by molar-refractivity contribution is -0.301. The Balaban J connectivity index is 1.16. The average Bonchev–Trinajstić information content (AvgIpc) is 3.38. The van der Waals surface area contributed by atoms with Crippen LogP contribution in [0, 0.1) is 5.92 Å². The lowest BCUT2D eigenvalue weighted by Gasteiger charge is -2.50. The zero-order valence-electron chi connectivity index (χ0n) is 37.8. The van der Waals surface area contributed by atoms with E-state index < -0.39 is 66.8 Å². The molecule has 11 nitrogen and oxygen atoms in total. The van der Waals surface area contributed by atoms with Crippen LogP contribution in [0.25, 0.3) is 0 Å². The Morgan fingerprint density at radius 2 is 0.806 bits per heavy atom. The summed E-state index contributed by atoms with van der Waals surface area (Å²) in [5, 5.41) is 13.1. The highest BCUT2D eigenvalue weighted by Gasteiger charge is 2.57.